The zero-order chi connectivity index (χ0) is 17.5. The van der Waals surface area contributed by atoms with Crippen molar-refractivity contribution in [1.29, 1.82) is 0 Å². The predicted molar refractivity (Wildman–Crippen MR) is 109 cm³/mol. The van der Waals surface area contributed by atoms with E-state index in [1.807, 2.05) is 0 Å². The van der Waals surface area contributed by atoms with Crippen molar-refractivity contribution in [3.8, 4) is 0 Å². The molecular formula is C20H28N3Si+. The van der Waals surface area contributed by atoms with Crippen molar-refractivity contribution >= 4 is 36.1 Å². The first-order chi connectivity index (χ1) is 11.4. The Labute approximate surface area is 146 Å². The molecule has 1 aliphatic heterocycles. The van der Waals surface area contributed by atoms with Gasteiger partial charge in [0.15, 0.2) is 5.71 Å². The lowest BCUT2D eigenvalue weighted by Crippen LogP contribution is -2.53. The molecule has 0 unspecified atom stereocenters. The lowest BCUT2D eigenvalue weighted by Gasteiger charge is -2.38. The molecule has 3 rings (SSSR count). The highest BCUT2D eigenvalue weighted by molar-refractivity contribution is 7.02. The van der Waals surface area contributed by atoms with Gasteiger partial charge in [-0.1, -0.05) is 25.9 Å². The molecule has 4 heteroatoms. The summed E-state index contributed by atoms with van der Waals surface area (Å²) < 4.78 is 2.19. The van der Waals surface area contributed by atoms with E-state index in [1.54, 1.807) is 0 Å². The molecule has 2 aliphatic rings. The van der Waals surface area contributed by atoms with Gasteiger partial charge < -0.3 is 4.90 Å². The second-order valence-corrected chi connectivity index (χ2v) is 11.7. The van der Waals surface area contributed by atoms with E-state index in [2.05, 4.69) is 87.9 Å². The summed E-state index contributed by atoms with van der Waals surface area (Å²) in [5.41, 5.74) is 4.91. The highest BCUT2D eigenvalue weighted by atomic mass is 28.3. The van der Waals surface area contributed by atoms with E-state index < -0.39 is 8.07 Å². The number of hydrogen-bond acceptors (Lipinski definition) is 2. The molecule has 0 atom stereocenters. The van der Waals surface area contributed by atoms with E-state index in [0.717, 1.165) is 0 Å². The van der Waals surface area contributed by atoms with Crippen molar-refractivity contribution < 1.29 is 4.58 Å². The fraction of sp³-hybridized carbons (Fsp3) is 0.400. The first-order valence-corrected chi connectivity index (χ1v) is 11.2. The molecule has 1 heterocycles. The van der Waals surface area contributed by atoms with Crippen LogP contribution in [0.1, 0.15) is 13.8 Å². The minimum atomic E-state index is -1.77. The Morgan fingerprint density at radius 3 is 2.38 bits per heavy atom. The number of allylic oxidation sites excluding steroid dienone is 4. The Bertz CT molecular complexity index is 789. The van der Waals surface area contributed by atoms with Crippen molar-refractivity contribution in [3.05, 3.63) is 41.6 Å². The molecule has 0 amide bonds. The summed E-state index contributed by atoms with van der Waals surface area (Å²) in [5, 5.41) is 3.00. The zero-order valence-corrected chi connectivity index (χ0v) is 16.7. The maximum atomic E-state index is 5.00. The molecule has 0 bridgehead atoms. The average Bonchev–Trinajstić information content (AvgIpc) is 2.58. The molecule has 0 fully saturated rings. The highest BCUT2D eigenvalue weighted by Crippen LogP contribution is 2.36. The first-order valence-electron chi connectivity index (χ1n) is 8.78. The maximum absolute atomic E-state index is 5.00. The summed E-state index contributed by atoms with van der Waals surface area (Å²) in [6.07, 6.45) is 6.79. The van der Waals surface area contributed by atoms with Crippen molar-refractivity contribution in [2.75, 3.05) is 33.1 Å². The smallest absolute Gasteiger partial charge is 0.199 e. The first kappa shape index (κ1) is 16.9. The molecule has 1 aliphatic carbocycles. The largest absolute Gasteiger partial charge is 0.378 e. The number of nitrogens with zero attached hydrogens (tertiary/aromatic N) is 3. The van der Waals surface area contributed by atoms with Gasteiger partial charge in [0.25, 0.3) is 0 Å². The van der Waals surface area contributed by atoms with Crippen LogP contribution in [0, 0.1) is 0 Å². The van der Waals surface area contributed by atoms with Crippen LogP contribution < -0.4 is 10.1 Å². The monoisotopic (exact) mass is 338 g/mol. The Balaban J connectivity index is 2.29. The molecule has 0 radical (unpaired) electrons. The molecule has 0 saturated carbocycles. The molecule has 0 N–H and O–H groups in total. The lowest BCUT2D eigenvalue weighted by molar-refractivity contribution is -0.462. The van der Waals surface area contributed by atoms with Crippen LogP contribution in [0.3, 0.4) is 0 Å². The van der Waals surface area contributed by atoms with Gasteiger partial charge in [-0.15, -0.1) is 0 Å². The van der Waals surface area contributed by atoms with Gasteiger partial charge in [-0.05, 0) is 34.7 Å². The summed E-state index contributed by atoms with van der Waals surface area (Å²) in [5.74, 6) is 0. The summed E-state index contributed by atoms with van der Waals surface area (Å²) in [6, 6.07) is 9.22. The van der Waals surface area contributed by atoms with Gasteiger partial charge in [0.1, 0.15) is 22.2 Å². The van der Waals surface area contributed by atoms with Crippen LogP contribution in [0.25, 0.3) is 0 Å². The SMILES string of the molecule is CC[Si]1(CC)C2=CC(=[N+](C)C)C=CC2=Nc2ccc(N(C)C)cc21. The number of hydrogen-bond donors (Lipinski definition) is 0. The van der Waals surface area contributed by atoms with Gasteiger partial charge in [0, 0.05) is 31.9 Å². The van der Waals surface area contributed by atoms with Gasteiger partial charge in [-0.3, -0.25) is 0 Å². The number of aliphatic imine (C=N–C) groups is 1. The number of anilines is 1. The molecule has 24 heavy (non-hydrogen) atoms. The molecule has 1 aromatic rings. The second kappa shape index (κ2) is 6.17. The Hall–Kier alpha value is -1.94. The quantitative estimate of drug-likeness (QED) is 0.470. The molecule has 0 spiro atoms. The van der Waals surface area contributed by atoms with Crippen molar-refractivity contribution in [1.82, 2.24) is 0 Å². The van der Waals surface area contributed by atoms with E-state index in [0.29, 0.717) is 0 Å². The maximum Gasteiger partial charge on any atom is 0.199 e. The van der Waals surface area contributed by atoms with Gasteiger partial charge >= 0.3 is 0 Å². The minimum Gasteiger partial charge on any atom is -0.378 e. The summed E-state index contributed by atoms with van der Waals surface area (Å²) in [6.45, 7) is 4.72. The number of rotatable bonds is 3. The minimum absolute atomic E-state index is 1.18. The molecule has 1 aromatic carbocycles. The fourth-order valence-corrected chi connectivity index (χ4v) is 8.27. The van der Waals surface area contributed by atoms with Crippen molar-refractivity contribution in [2.45, 2.75) is 25.9 Å². The topological polar surface area (TPSA) is 18.6 Å². The fourth-order valence-electron chi connectivity index (χ4n) is 3.85. The number of fused-ring (bicyclic) bond motifs is 2. The third kappa shape index (κ3) is 2.49. The normalized spacial score (nSPS) is 17.7. The molecule has 0 aromatic heterocycles. The Morgan fingerprint density at radius 1 is 1.08 bits per heavy atom. The second-order valence-electron chi connectivity index (χ2n) is 7.09. The van der Waals surface area contributed by atoms with Gasteiger partial charge in [-0.25, -0.2) is 9.57 Å². The number of benzene rings is 1. The van der Waals surface area contributed by atoms with Crippen LogP contribution in [0.5, 0.6) is 0 Å². The molecule has 126 valence electrons. The van der Waals surface area contributed by atoms with Crippen LogP contribution in [0.2, 0.25) is 12.1 Å². The summed E-state index contributed by atoms with van der Waals surface area (Å²) in [4.78, 5) is 7.19. The molecule has 3 nitrogen and oxygen atoms in total. The van der Waals surface area contributed by atoms with Crippen LogP contribution in [0.4, 0.5) is 11.4 Å². The van der Waals surface area contributed by atoms with Crippen LogP contribution in [0.15, 0.2) is 46.6 Å². The summed E-state index contributed by atoms with van der Waals surface area (Å²) >= 11 is 0. The molecule has 0 saturated heterocycles. The van der Waals surface area contributed by atoms with Gasteiger partial charge in [-0.2, -0.15) is 0 Å². The Kier molecular flexibility index (Phi) is 4.34. The van der Waals surface area contributed by atoms with E-state index in [9.17, 15) is 0 Å². The van der Waals surface area contributed by atoms with Crippen molar-refractivity contribution in [2.24, 2.45) is 4.99 Å². The van der Waals surface area contributed by atoms with E-state index in [4.69, 9.17) is 4.99 Å². The van der Waals surface area contributed by atoms with E-state index in [-0.39, 0.29) is 0 Å². The van der Waals surface area contributed by atoms with Crippen molar-refractivity contribution in [3.63, 3.8) is 0 Å². The summed E-state index contributed by atoms with van der Waals surface area (Å²) in [7, 11) is 6.67. The molecular weight excluding hydrogens is 310 g/mol. The zero-order valence-electron chi connectivity index (χ0n) is 15.7. The van der Waals surface area contributed by atoms with Crippen LogP contribution >= 0.6 is 0 Å². The predicted octanol–water partition coefficient (Wildman–Crippen LogP) is 3.28. The van der Waals surface area contributed by atoms with Crippen LogP contribution in [-0.4, -0.2) is 52.3 Å². The third-order valence-corrected chi connectivity index (χ3v) is 10.7. The third-order valence-electron chi connectivity index (χ3n) is 5.47. The van der Waals surface area contributed by atoms with E-state index >= 15 is 0 Å². The van der Waals surface area contributed by atoms with Crippen LogP contribution in [-0.2, 0) is 0 Å². The van der Waals surface area contributed by atoms with Gasteiger partial charge in [0.05, 0.1) is 11.4 Å². The van der Waals surface area contributed by atoms with E-state index in [1.165, 1.54) is 45.3 Å². The lowest BCUT2D eigenvalue weighted by atomic mass is 10.1. The van der Waals surface area contributed by atoms with Gasteiger partial charge in [0.2, 0.25) is 0 Å². The highest BCUT2D eigenvalue weighted by Gasteiger charge is 2.43. The standard InChI is InChI=1S/C20H28N3Si/c1-7-24(8-2)19-13-15(22(3)4)9-11-17(19)21-18-12-10-16(23(5)6)14-20(18)24/h9-14H,7-8H2,1-6H3/q+1. The Morgan fingerprint density at radius 2 is 1.79 bits per heavy atom. The average molecular weight is 339 g/mol.